The monoisotopic (exact) mass is 912 g/mol. The highest BCUT2D eigenvalue weighted by Crippen LogP contribution is 2.36. The third kappa shape index (κ3) is 21.7. The molecule has 0 saturated carbocycles. The van der Waals surface area contributed by atoms with Gasteiger partial charge in [-0.15, -0.1) is 0 Å². The van der Waals surface area contributed by atoms with Gasteiger partial charge in [0.2, 0.25) is 17.7 Å². The topological polar surface area (TPSA) is 329 Å². The zero-order valence-electron chi connectivity index (χ0n) is 36.9. The number of aliphatic hydroxyl groups excluding tert-OH is 1. The van der Waals surface area contributed by atoms with E-state index in [-0.39, 0.29) is 83.7 Å². The van der Waals surface area contributed by atoms with Crippen molar-refractivity contribution in [1.82, 2.24) is 41.4 Å². The van der Waals surface area contributed by atoms with E-state index in [2.05, 4.69) is 21.3 Å². The molecule has 2 bridgehead atoms. The molecule has 0 saturated heterocycles. The van der Waals surface area contributed by atoms with Gasteiger partial charge in [0.15, 0.2) is 6.29 Å². The van der Waals surface area contributed by atoms with Crippen LogP contribution in [0.15, 0.2) is 24.3 Å². The number of hydrogen-bond acceptors (Lipinski definition) is 17. The SMILES string of the molecule is COC(NCC(=O)NCCCNC(=O)CN(CCN(CC(=O)O)CC(=O)O)CCN(CC(=O)O)CC(O)O)C1Cc2ccc(cc2)OCCC[C@H](C(=O)NO)[C@](C=O)(CC(C)C)CN1. The van der Waals surface area contributed by atoms with Gasteiger partial charge in [0, 0.05) is 59.5 Å². The molecule has 0 radical (unpaired) electrons. The summed E-state index contributed by atoms with van der Waals surface area (Å²) >= 11 is 0. The van der Waals surface area contributed by atoms with Crippen LogP contribution in [0.4, 0.5) is 0 Å². The highest BCUT2D eigenvalue weighted by atomic mass is 16.5. The van der Waals surface area contributed by atoms with E-state index < -0.39 is 79.2 Å². The Morgan fingerprint density at radius 2 is 1.45 bits per heavy atom. The van der Waals surface area contributed by atoms with Crippen LogP contribution in [-0.4, -0.2) is 205 Å². The number of carboxylic acid groups (broad SMARTS) is 3. The second-order valence-corrected chi connectivity index (χ2v) is 16.3. The molecule has 64 heavy (non-hydrogen) atoms. The Bertz CT molecular complexity index is 1610. The molecule has 23 heteroatoms. The summed E-state index contributed by atoms with van der Waals surface area (Å²) < 4.78 is 11.7. The fourth-order valence-electron chi connectivity index (χ4n) is 7.63. The number of hydroxylamine groups is 1. The Morgan fingerprint density at radius 3 is 2.00 bits per heavy atom. The zero-order chi connectivity index (χ0) is 47.7. The second kappa shape index (κ2) is 29.6. The number of benzene rings is 1. The Hall–Kier alpha value is -4.85. The van der Waals surface area contributed by atoms with Gasteiger partial charge in [-0.2, -0.15) is 0 Å². The van der Waals surface area contributed by atoms with Crippen molar-refractivity contribution in [3.05, 3.63) is 29.8 Å². The van der Waals surface area contributed by atoms with Crippen LogP contribution in [-0.2, 0) is 44.7 Å². The molecule has 1 aromatic carbocycles. The Balaban J connectivity index is 2.05. The van der Waals surface area contributed by atoms with Crippen LogP contribution in [0.1, 0.15) is 45.1 Å². The van der Waals surface area contributed by atoms with Crippen molar-refractivity contribution < 1.29 is 73.8 Å². The lowest BCUT2D eigenvalue weighted by Gasteiger charge is -2.39. The van der Waals surface area contributed by atoms with Crippen LogP contribution in [0, 0.1) is 17.3 Å². The minimum absolute atomic E-state index is 0.0140. The lowest BCUT2D eigenvalue weighted by atomic mass is 9.68. The number of nitrogens with one attached hydrogen (secondary N) is 5. The number of nitrogens with zero attached hydrogens (tertiary/aromatic N) is 3. The summed E-state index contributed by atoms with van der Waals surface area (Å²) in [6, 6.07) is 6.98. The molecule has 3 amide bonds. The molecule has 362 valence electrons. The van der Waals surface area contributed by atoms with Gasteiger partial charge in [-0.3, -0.25) is 54.0 Å². The number of aldehydes is 1. The van der Waals surface area contributed by atoms with E-state index >= 15 is 0 Å². The van der Waals surface area contributed by atoms with E-state index in [9.17, 15) is 64.3 Å². The molecule has 0 fully saturated rings. The first-order chi connectivity index (χ1) is 30.4. The van der Waals surface area contributed by atoms with E-state index in [1.165, 1.54) is 12.0 Å². The number of methoxy groups -OCH3 is 1. The first-order valence-corrected chi connectivity index (χ1v) is 21.2. The minimum atomic E-state index is -1.82. The molecule has 2 heterocycles. The van der Waals surface area contributed by atoms with Gasteiger partial charge in [-0.25, -0.2) is 5.48 Å². The first kappa shape index (κ1) is 55.3. The molecule has 1 aromatic rings. The van der Waals surface area contributed by atoms with Crippen molar-refractivity contribution in [2.24, 2.45) is 17.3 Å². The van der Waals surface area contributed by atoms with Crippen LogP contribution >= 0.6 is 0 Å². The second-order valence-electron chi connectivity index (χ2n) is 16.3. The van der Waals surface area contributed by atoms with E-state index in [0.717, 1.165) is 16.7 Å². The predicted molar refractivity (Wildman–Crippen MR) is 228 cm³/mol. The highest BCUT2D eigenvalue weighted by Gasteiger charge is 2.44. The molecular formula is C41H68N8O15. The van der Waals surface area contributed by atoms with Gasteiger partial charge in [-0.1, -0.05) is 26.0 Å². The number of hydrogen-bond donors (Lipinski definition) is 11. The molecule has 2 unspecified atom stereocenters. The summed E-state index contributed by atoms with van der Waals surface area (Å²) in [5, 5.41) is 68.2. The van der Waals surface area contributed by atoms with Crippen LogP contribution in [0.25, 0.3) is 0 Å². The minimum Gasteiger partial charge on any atom is -0.494 e. The molecule has 2 aliphatic heterocycles. The number of amides is 3. The van der Waals surface area contributed by atoms with Crippen LogP contribution in [0.3, 0.4) is 0 Å². The predicted octanol–water partition coefficient (Wildman–Crippen LogP) is -2.63. The average Bonchev–Trinajstić information content (AvgIpc) is 3.22. The summed E-state index contributed by atoms with van der Waals surface area (Å²) in [6.07, 6.45) is -0.00127. The molecule has 4 atom stereocenters. The van der Waals surface area contributed by atoms with E-state index in [1.807, 2.05) is 38.1 Å². The first-order valence-electron chi connectivity index (χ1n) is 21.2. The summed E-state index contributed by atoms with van der Waals surface area (Å²) in [4.78, 5) is 89.8. The van der Waals surface area contributed by atoms with Crippen molar-refractivity contribution >= 4 is 41.9 Å². The van der Waals surface area contributed by atoms with Gasteiger partial charge < -0.3 is 55.8 Å². The van der Waals surface area contributed by atoms with Gasteiger partial charge in [-0.05, 0) is 55.7 Å². The quantitative estimate of drug-likeness (QED) is 0.0129. The standard InChI is InChI=1S/C41H68N8O15/c1-28(2)19-41(27-50)26-45-32(18-29-7-9-30(10-8-29)64-17-4-6-31(41)39(61)46-62)40(63-3)44-20-33(51)42-11-5-12-43-34(52)21-47(13-15-48(22-35(53)54)23-36(55)56)14-16-49(24-37(57)58)25-38(59)60/h7-10,27-28,31-32,35,40,44-45,53-54,62H,4-6,11-26H2,1-3H3,(H,42,51)(H,43,52)(H,46,61)(H,55,56)(H,57,58)(H,59,60)/t31-,32?,40?,41-/m1/s1. The number of rotatable bonds is 29. The number of carboxylic acids is 3. The summed E-state index contributed by atoms with van der Waals surface area (Å²) in [7, 11) is 1.47. The molecular weight excluding hydrogens is 844 g/mol. The average molecular weight is 913 g/mol. The Morgan fingerprint density at radius 1 is 0.875 bits per heavy atom. The van der Waals surface area contributed by atoms with Crippen LogP contribution in [0.5, 0.6) is 5.75 Å². The van der Waals surface area contributed by atoms with Crippen molar-refractivity contribution in [2.45, 2.75) is 64.5 Å². The van der Waals surface area contributed by atoms with Crippen molar-refractivity contribution in [1.29, 1.82) is 0 Å². The normalized spacial score (nSPS) is 18.7. The van der Waals surface area contributed by atoms with Crippen LogP contribution in [0.2, 0.25) is 0 Å². The number of carbonyl (C=O) groups is 7. The van der Waals surface area contributed by atoms with Gasteiger partial charge >= 0.3 is 17.9 Å². The molecule has 0 spiro atoms. The lowest BCUT2D eigenvalue weighted by Crippen LogP contribution is -2.57. The maximum absolute atomic E-state index is 13.1. The van der Waals surface area contributed by atoms with Crippen molar-refractivity contribution in [3.8, 4) is 5.75 Å². The zero-order valence-corrected chi connectivity index (χ0v) is 36.9. The number of fused-ring (bicyclic) bond motifs is 11. The van der Waals surface area contributed by atoms with E-state index in [1.54, 1.807) is 10.4 Å². The molecule has 11 N–H and O–H groups in total. The maximum atomic E-state index is 13.1. The van der Waals surface area contributed by atoms with Gasteiger partial charge in [0.1, 0.15) is 18.3 Å². The van der Waals surface area contributed by atoms with Gasteiger partial charge in [0.25, 0.3) is 0 Å². The largest absolute Gasteiger partial charge is 0.494 e. The lowest BCUT2D eigenvalue weighted by molar-refractivity contribution is -0.143. The fourth-order valence-corrected chi connectivity index (χ4v) is 7.63. The molecule has 23 nitrogen and oxygen atoms in total. The maximum Gasteiger partial charge on any atom is 0.317 e. The third-order valence-electron chi connectivity index (χ3n) is 10.5. The third-order valence-corrected chi connectivity index (χ3v) is 10.5. The summed E-state index contributed by atoms with van der Waals surface area (Å²) in [5.41, 5.74) is 1.45. The van der Waals surface area contributed by atoms with E-state index in [4.69, 9.17) is 9.47 Å². The number of aliphatic carboxylic acids is 3. The molecule has 2 aliphatic rings. The summed E-state index contributed by atoms with van der Waals surface area (Å²) in [6.45, 7) is 2.12. The van der Waals surface area contributed by atoms with Gasteiger partial charge in [0.05, 0.1) is 56.7 Å². The molecule has 0 aliphatic carbocycles. The Kier molecular flexibility index (Phi) is 25.5. The van der Waals surface area contributed by atoms with Crippen molar-refractivity contribution in [3.63, 3.8) is 0 Å². The number of carbonyl (C=O) groups excluding carboxylic acids is 4. The molecule has 0 aromatic heterocycles. The number of aliphatic hydroxyl groups is 2. The Labute approximate surface area is 372 Å². The summed E-state index contributed by atoms with van der Waals surface area (Å²) in [5.74, 6) is -5.46. The number of ether oxygens (including phenoxy) is 2. The smallest absolute Gasteiger partial charge is 0.317 e. The van der Waals surface area contributed by atoms with Crippen LogP contribution < -0.4 is 31.5 Å². The fraction of sp³-hybridized carbons (Fsp3) is 0.683. The van der Waals surface area contributed by atoms with Crippen molar-refractivity contribution in [2.75, 3.05) is 98.8 Å². The highest BCUT2D eigenvalue weighted by molar-refractivity contribution is 5.83. The van der Waals surface area contributed by atoms with E-state index in [0.29, 0.717) is 38.0 Å². The molecule has 3 rings (SSSR count).